The van der Waals surface area contributed by atoms with Crippen molar-refractivity contribution >= 4 is 11.8 Å². The van der Waals surface area contributed by atoms with E-state index in [-0.39, 0.29) is 5.56 Å². The number of aryl methyl sites for hydroxylation is 1. The van der Waals surface area contributed by atoms with Gasteiger partial charge in [0.15, 0.2) is 0 Å². The lowest BCUT2D eigenvalue weighted by Crippen LogP contribution is -2.20. The highest BCUT2D eigenvalue weighted by Crippen LogP contribution is 2.31. The van der Waals surface area contributed by atoms with Crippen LogP contribution in [0.25, 0.3) is 11.3 Å². The molecule has 0 unspecified atom stereocenters. The molecule has 3 aromatic rings. The molecule has 4 rings (SSSR count). The number of nitrogens with zero attached hydrogens (tertiary/aromatic N) is 4. The Morgan fingerprint density at radius 1 is 1.17 bits per heavy atom. The van der Waals surface area contributed by atoms with Gasteiger partial charge in [0.1, 0.15) is 17.2 Å². The van der Waals surface area contributed by atoms with E-state index < -0.39 is 5.97 Å². The van der Waals surface area contributed by atoms with Crippen LogP contribution in [0.5, 0.6) is 0 Å². The maximum atomic E-state index is 11.8. The number of rotatable bonds is 5. The van der Waals surface area contributed by atoms with Crippen molar-refractivity contribution in [3.8, 4) is 11.3 Å². The van der Waals surface area contributed by atoms with E-state index in [2.05, 4.69) is 24.9 Å². The Balaban J connectivity index is 1.70. The van der Waals surface area contributed by atoms with Gasteiger partial charge in [-0.2, -0.15) is 0 Å². The molecule has 2 aromatic heterocycles. The van der Waals surface area contributed by atoms with Gasteiger partial charge in [0.05, 0.1) is 17.9 Å². The van der Waals surface area contributed by atoms with Gasteiger partial charge < -0.3 is 10.0 Å². The highest BCUT2D eigenvalue weighted by atomic mass is 16.4. The van der Waals surface area contributed by atoms with E-state index in [0.29, 0.717) is 24.8 Å². The van der Waals surface area contributed by atoms with Crippen molar-refractivity contribution in [2.75, 3.05) is 4.90 Å². The number of aromatic carboxylic acids is 1. The topological polar surface area (TPSA) is 79.2 Å². The molecule has 6 heteroatoms. The standard InChI is InChI=1S/C23H24N4O2/c1-14(2)9-21-24-11-17-12-27(13-20(17)25-21)22-18(23(28)29)7-8-19(26-22)16-6-4-5-15(3)10-16/h4-8,10-11,14H,9,12-13H2,1-3H3,(H,28,29). The van der Waals surface area contributed by atoms with Gasteiger partial charge in [0, 0.05) is 30.3 Å². The number of fused-ring (bicyclic) bond motifs is 1. The Morgan fingerprint density at radius 3 is 2.72 bits per heavy atom. The molecule has 0 fully saturated rings. The van der Waals surface area contributed by atoms with Crippen LogP contribution in [-0.2, 0) is 19.5 Å². The first-order valence-electron chi connectivity index (χ1n) is 9.80. The van der Waals surface area contributed by atoms with Crippen molar-refractivity contribution in [2.24, 2.45) is 5.92 Å². The van der Waals surface area contributed by atoms with Crippen LogP contribution in [-0.4, -0.2) is 26.0 Å². The fourth-order valence-corrected chi connectivity index (χ4v) is 3.63. The lowest BCUT2D eigenvalue weighted by molar-refractivity contribution is 0.0697. The lowest BCUT2D eigenvalue weighted by atomic mass is 10.1. The molecule has 0 saturated carbocycles. The fourth-order valence-electron chi connectivity index (χ4n) is 3.63. The third kappa shape index (κ3) is 3.97. The van der Waals surface area contributed by atoms with E-state index in [1.54, 1.807) is 12.1 Å². The molecule has 6 nitrogen and oxygen atoms in total. The van der Waals surface area contributed by atoms with Gasteiger partial charge in [-0.3, -0.25) is 0 Å². The normalized spacial score (nSPS) is 13.0. The number of hydrogen-bond donors (Lipinski definition) is 1. The summed E-state index contributed by atoms with van der Waals surface area (Å²) >= 11 is 0. The van der Waals surface area contributed by atoms with E-state index in [9.17, 15) is 9.90 Å². The molecule has 0 bridgehead atoms. The number of pyridine rings is 1. The molecule has 1 N–H and O–H groups in total. The Labute approximate surface area is 170 Å². The monoisotopic (exact) mass is 388 g/mol. The first-order chi connectivity index (χ1) is 13.9. The number of hydrogen-bond acceptors (Lipinski definition) is 5. The minimum Gasteiger partial charge on any atom is -0.478 e. The maximum absolute atomic E-state index is 11.8. The molecule has 0 saturated heterocycles. The van der Waals surface area contributed by atoms with Gasteiger partial charge in [-0.15, -0.1) is 0 Å². The van der Waals surface area contributed by atoms with Crippen LogP contribution >= 0.6 is 0 Å². The smallest absolute Gasteiger partial charge is 0.339 e. The number of carboxylic acid groups (broad SMARTS) is 1. The van der Waals surface area contributed by atoms with Crippen LogP contribution in [0.1, 0.15) is 46.9 Å². The summed E-state index contributed by atoms with van der Waals surface area (Å²) in [6, 6.07) is 11.5. The molecular weight excluding hydrogens is 364 g/mol. The van der Waals surface area contributed by atoms with Crippen LogP contribution in [0.4, 0.5) is 5.82 Å². The Morgan fingerprint density at radius 2 is 2.00 bits per heavy atom. The zero-order chi connectivity index (χ0) is 20.5. The Hall–Kier alpha value is -3.28. The first-order valence-corrected chi connectivity index (χ1v) is 9.80. The summed E-state index contributed by atoms with van der Waals surface area (Å²) in [5, 5.41) is 9.70. The molecule has 0 atom stereocenters. The minimum absolute atomic E-state index is 0.199. The van der Waals surface area contributed by atoms with E-state index in [4.69, 9.17) is 9.97 Å². The van der Waals surface area contributed by atoms with E-state index in [0.717, 1.165) is 40.3 Å². The molecule has 0 radical (unpaired) electrons. The number of aromatic nitrogens is 3. The van der Waals surface area contributed by atoms with Crippen molar-refractivity contribution < 1.29 is 9.90 Å². The van der Waals surface area contributed by atoms with Crippen molar-refractivity contribution in [1.82, 2.24) is 15.0 Å². The first kappa shape index (κ1) is 19.1. The second kappa shape index (κ2) is 7.62. The number of benzene rings is 1. The van der Waals surface area contributed by atoms with Gasteiger partial charge in [-0.1, -0.05) is 37.6 Å². The SMILES string of the molecule is Cc1cccc(-c2ccc(C(=O)O)c(N3Cc4cnc(CC(C)C)nc4C3)n2)c1. The predicted molar refractivity (Wildman–Crippen MR) is 112 cm³/mol. The molecule has 29 heavy (non-hydrogen) atoms. The van der Waals surface area contributed by atoms with Gasteiger partial charge in [0.25, 0.3) is 0 Å². The Bertz CT molecular complexity index is 1080. The van der Waals surface area contributed by atoms with Crippen LogP contribution in [0, 0.1) is 12.8 Å². The number of anilines is 1. The summed E-state index contributed by atoms with van der Waals surface area (Å²) in [5.41, 5.74) is 5.04. The lowest BCUT2D eigenvalue weighted by Gasteiger charge is -2.19. The molecule has 1 aliphatic rings. The molecule has 1 aliphatic heterocycles. The van der Waals surface area contributed by atoms with Crippen LogP contribution in [0.15, 0.2) is 42.6 Å². The van der Waals surface area contributed by atoms with Gasteiger partial charge >= 0.3 is 5.97 Å². The van der Waals surface area contributed by atoms with Gasteiger partial charge in [0.2, 0.25) is 0 Å². The van der Waals surface area contributed by atoms with Gasteiger partial charge in [-0.05, 0) is 31.0 Å². The summed E-state index contributed by atoms with van der Waals surface area (Å²) in [4.78, 5) is 27.7. The van der Waals surface area contributed by atoms with Crippen molar-refractivity contribution in [3.05, 3.63) is 70.8 Å². The summed E-state index contributed by atoms with van der Waals surface area (Å²) in [6.07, 6.45) is 2.69. The zero-order valence-electron chi connectivity index (χ0n) is 16.9. The third-order valence-electron chi connectivity index (χ3n) is 5.02. The largest absolute Gasteiger partial charge is 0.478 e. The molecule has 1 aromatic carbocycles. The van der Waals surface area contributed by atoms with E-state index >= 15 is 0 Å². The van der Waals surface area contributed by atoms with E-state index in [1.807, 2.05) is 36.2 Å². The highest BCUT2D eigenvalue weighted by Gasteiger charge is 2.26. The summed E-state index contributed by atoms with van der Waals surface area (Å²) < 4.78 is 0. The zero-order valence-corrected chi connectivity index (χ0v) is 16.9. The molecule has 0 aliphatic carbocycles. The highest BCUT2D eigenvalue weighted by molar-refractivity contribution is 5.94. The second-order valence-corrected chi connectivity index (χ2v) is 7.95. The van der Waals surface area contributed by atoms with Crippen LogP contribution in [0.2, 0.25) is 0 Å². The predicted octanol–water partition coefficient (Wildman–Crippen LogP) is 4.26. The second-order valence-electron chi connectivity index (χ2n) is 7.95. The summed E-state index contributed by atoms with van der Waals surface area (Å²) in [5.74, 6) is 0.808. The number of carbonyl (C=O) groups is 1. The summed E-state index contributed by atoms with van der Waals surface area (Å²) in [7, 11) is 0. The molecular formula is C23H24N4O2. The average Bonchev–Trinajstić information content (AvgIpc) is 3.10. The van der Waals surface area contributed by atoms with E-state index in [1.165, 1.54) is 0 Å². The molecule has 0 spiro atoms. The van der Waals surface area contributed by atoms with Crippen molar-refractivity contribution in [1.29, 1.82) is 0 Å². The van der Waals surface area contributed by atoms with Gasteiger partial charge in [-0.25, -0.2) is 19.7 Å². The maximum Gasteiger partial charge on any atom is 0.339 e. The quantitative estimate of drug-likeness (QED) is 0.703. The molecule has 0 amide bonds. The number of carboxylic acids is 1. The van der Waals surface area contributed by atoms with Crippen LogP contribution < -0.4 is 4.90 Å². The molecule has 148 valence electrons. The Kier molecular flexibility index (Phi) is 5.01. The fraction of sp³-hybridized carbons (Fsp3) is 0.304. The van der Waals surface area contributed by atoms with Crippen molar-refractivity contribution in [3.63, 3.8) is 0 Å². The summed E-state index contributed by atoms with van der Waals surface area (Å²) in [6.45, 7) is 7.40. The third-order valence-corrected chi connectivity index (χ3v) is 5.02. The van der Waals surface area contributed by atoms with Crippen LogP contribution in [0.3, 0.4) is 0 Å². The average molecular weight is 388 g/mol. The minimum atomic E-state index is -0.981. The molecule has 3 heterocycles. The van der Waals surface area contributed by atoms with Crippen molar-refractivity contribution in [2.45, 2.75) is 40.3 Å².